The number of rotatable bonds is 13. The summed E-state index contributed by atoms with van der Waals surface area (Å²) in [6.07, 6.45) is 7.06. The van der Waals surface area contributed by atoms with Gasteiger partial charge in [-0.15, -0.1) is 0 Å². The molecule has 4 N–H and O–H groups in total. The van der Waals surface area contributed by atoms with Gasteiger partial charge in [-0.05, 0) is 64.7 Å². The average Bonchev–Trinajstić information content (AvgIpc) is 3.35. The minimum atomic E-state index is -1.22. The Morgan fingerprint density at radius 2 is 1.76 bits per heavy atom. The van der Waals surface area contributed by atoms with Gasteiger partial charge >= 0.3 is 0 Å². The molecule has 1 aromatic rings. The van der Waals surface area contributed by atoms with Gasteiger partial charge in [-0.2, -0.15) is 0 Å². The van der Waals surface area contributed by atoms with E-state index in [2.05, 4.69) is 26.4 Å². The molecule has 0 spiro atoms. The molecule has 42 heavy (non-hydrogen) atoms. The van der Waals surface area contributed by atoms with Crippen molar-refractivity contribution in [3.63, 3.8) is 0 Å². The molecule has 13 nitrogen and oxygen atoms in total. The topological polar surface area (TPSA) is 180 Å². The van der Waals surface area contributed by atoms with Gasteiger partial charge in [-0.1, -0.05) is 24.4 Å². The molecule has 13 heteroatoms. The molecule has 4 rings (SSSR count). The lowest BCUT2D eigenvalue weighted by Gasteiger charge is -2.36. The zero-order valence-electron chi connectivity index (χ0n) is 24.6. The SMILES string of the molecule is Cc1cc(C(=O)N[C@H](C)C(=O)N(C)[C@@H](CC2CCC2)C(=O)N[C@@H](C[C@@H]2CCCNC2=O)C(=O)C(=O)NC2CCC2)no1. The predicted octanol–water partition coefficient (Wildman–Crippen LogP) is 0.757. The van der Waals surface area contributed by atoms with E-state index in [4.69, 9.17) is 4.52 Å². The summed E-state index contributed by atoms with van der Waals surface area (Å²) in [5, 5.41) is 14.5. The molecule has 3 aliphatic rings. The third-order valence-electron chi connectivity index (χ3n) is 8.69. The van der Waals surface area contributed by atoms with E-state index in [1.165, 1.54) is 24.9 Å². The normalized spacial score (nSPS) is 21.0. The van der Waals surface area contributed by atoms with E-state index >= 15 is 0 Å². The van der Waals surface area contributed by atoms with Crippen LogP contribution in [0, 0.1) is 18.8 Å². The first kappa shape index (κ1) is 31.2. The smallest absolute Gasteiger partial charge is 0.289 e. The van der Waals surface area contributed by atoms with Crippen molar-refractivity contribution in [3.05, 3.63) is 17.5 Å². The van der Waals surface area contributed by atoms with Gasteiger partial charge in [0, 0.05) is 31.6 Å². The molecule has 0 bridgehead atoms. The van der Waals surface area contributed by atoms with Crippen LogP contribution < -0.4 is 21.3 Å². The first-order valence-electron chi connectivity index (χ1n) is 15.0. The molecule has 1 aromatic heterocycles. The maximum Gasteiger partial charge on any atom is 0.289 e. The van der Waals surface area contributed by atoms with Crippen LogP contribution in [0.15, 0.2) is 10.6 Å². The highest BCUT2D eigenvalue weighted by Gasteiger charge is 2.39. The van der Waals surface area contributed by atoms with Crippen molar-refractivity contribution in [2.75, 3.05) is 13.6 Å². The van der Waals surface area contributed by atoms with Crippen molar-refractivity contribution in [2.24, 2.45) is 11.8 Å². The van der Waals surface area contributed by atoms with Crippen LogP contribution >= 0.6 is 0 Å². The Morgan fingerprint density at radius 1 is 1.05 bits per heavy atom. The third-order valence-corrected chi connectivity index (χ3v) is 8.69. The molecule has 2 saturated carbocycles. The van der Waals surface area contributed by atoms with Crippen LogP contribution in [0.1, 0.15) is 87.4 Å². The fraction of sp³-hybridized carbons (Fsp3) is 0.690. The summed E-state index contributed by atoms with van der Waals surface area (Å²) >= 11 is 0. The second kappa shape index (κ2) is 13.9. The molecule has 230 valence electrons. The number of aromatic nitrogens is 1. The number of ketones is 1. The first-order chi connectivity index (χ1) is 20.0. The zero-order valence-corrected chi connectivity index (χ0v) is 24.6. The Balaban J connectivity index is 1.47. The first-order valence-corrected chi connectivity index (χ1v) is 15.0. The number of hydrogen-bond acceptors (Lipinski definition) is 8. The largest absolute Gasteiger partial charge is 0.361 e. The molecule has 2 heterocycles. The maximum atomic E-state index is 13.8. The number of amides is 5. The van der Waals surface area contributed by atoms with Crippen molar-refractivity contribution >= 4 is 35.3 Å². The average molecular weight is 587 g/mol. The quantitative estimate of drug-likeness (QED) is 0.245. The number of Topliss-reactive ketones (excluding diaryl/α,β-unsaturated/α-hetero) is 1. The minimum Gasteiger partial charge on any atom is -0.361 e. The monoisotopic (exact) mass is 586 g/mol. The van der Waals surface area contributed by atoms with Gasteiger partial charge in [0.2, 0.25) is 23.5 Å². The van der Waals surface area contributed by atoms with Crippen molar-refractivity contribution in [1.82, 2.24) is 31.3 Å². The zero-order chi connectivity index (χ0) is 30.4. The second-order valence-corrected chi connectivity index (χ2v) is 11.9. The summed E-state index contributed by atoms with van der Waals surface area (Å²) in [6, 6.07) is -1.75. The fourth-order valence-corrected chi connectivity index (χ4v) is 5.56. The summed E-state index contributed by atoms with van der Waals surface area (Å²) in [7, 11) is 1.49. The van der Waals surface area contributed by atoms with Crippen molar-refractivity contribution in [2.45, 2.75) is 102 Å². The van der Waals surface area contributed by atoms with Crippen LogP contribution in [-0.4, -0.2) is 83.1 Å². The Hall–Kier alpha value is -3.77. The molecule has 5 amide bonds. The molecule has 1 aliphatic heterocycles. The van der Waals surface area contributed by atoms with E-state index in [1.807, 2.05) is 0 Å². The van der Waals surface area contributed by atoms with Crippen LogP contribution in [0.4, 0.5) is 0 Å². The molecule has 0 aromatic carbocycles. The van der Waals surface area contributed by atoms with Gasteiger partial charge < -0.3 is 30.7 Å². The number of carbonyl (C=O) groups excluding carboxylic acids is 6. The summed E-state index contributed by atoms with van der Waals surface area (Å²) in [5.74, 6) is -3.30. The van der Waals surface area contributed by atoms with E-state index in [0.29, 0.717) is 25.1 Å². The van der Waals surface area contributed by atoms with E-state index in [-0.39, 0.29) is 30.0 Å². The molecule has 1 saturated heterocycles. The number of piperidine rings is 1. The number of carbonyl (C=O) groups is 6. The highest BCUT2D eigenvalue weighted by molar-refractivity contribution is 6.38. The Bertz CT molecular complexity index is 1190. The number of hydrogen-bond donors (Lipinski definition) is 4. The standard InChI is InChI=1S/C29H42N6O7/c1-16-13-22(34-42-16)26(38)31-17(2)29(41)35(3)23(14-18-7-4-8-18)27(39)33-21(15-19-9-6-12-30-25(19)37)24(36)28(40)32-20-10-5-11-20/h13,17-21,23H,4-12,14-15H2,1-3H3,(H,30,37)(H,31,38)(H,32,40)(H,33,39)/t17-,19+,21+,23+/m1/s1. The van der Waals surface area contributed by atoms with Gasteiger partial charge in [0.25, 0.3) is 11.8 Å². The highest BCUT2D eigenvalue weighted by atomic mass is 16.5. The second-order valence-electron chi connectivity index (χ2n) is 11.9. The summed E-state index contributed by atoms with van der Waals surface area (Å²) in [5.41, 5.74) is 0.0341. The third kappa shape index (κ3) is 7.74. The van der Waals surface area contributed by atoms with E-state index in [9.17, 15) is 28.8 Å². The summed E-state index contributed by atoms with van der Waals surface area (Å²) < 4.78 is 4.93. The van der Waals surface area contributed by atoms with E-state index in [1.54, 1.807) is 6.92 Å². The van der Waals surface area contributed by atoms with Gasteiger partial charge in [0.15, 0.2) is 5.69 Å². The van der Waals surface area contributed by atoms with Gasteiger partial charge in [-0.25, -0.2) is 0 Å². The van der Waals surface area contributed by atoms with Gasteiger partial charge in [0.05, 0.1) is 6.04 Å². The van der Waals surface area contributed by atoms with E-state index in [0.717, 1.165) is 44.9 Å². The molecule has 3 fully saturated rings. The number of aryl methyl sites for hydroxylation is 1. The van der Waals surface area contributed by atoms with Gasteiger partial charge in [0.1, 0.15) is 17.8 Å². The molecular weight excluding hydrogens is 544 g/mol. The molecule has 4 atom stereocenters. The Labute approximate surface area is 245 Å². The van der Waals surface area contributed by atoms with Crippen molar-refractivity contribution in [1.29, 1.82) is 0 Å². The van der Waals surface area contributed by atoms with Crippen molar-refractivity contribution in [3.8, 4) is 0 Å². The lowest BCUT2D eigenvalue weighted by Crippen LogP contribution is -2.58. The van der Waals surface area contributed by atoms with Crippen LogP contribution in [0.3, 0.4) is 0 Å². The van der Waals surface area contributed by atoms with Crippen LogP contribution in [0.5, 0.6) is 0 Å². The number of nitrogens with one attached hydrogen (secondary N) is 4. The van der Waals surface area contributed by atoms with Crippen LogP contribution in [0.25, 0.3) is 0 Å². The number of likely N-dealkylation sites (N-methyl/N-ethyl adjacent to an activating group) is 1. The Kier molecular flexibility index (Phi) is 10.3. The Morgan fingerprint density at radius 3 is 2.33 bits per heavy atom. The lowest BCUT2D eigenvalue weighted by atomic mass is 9.80. The van der Waals surface area contributed by atoms with Crippen molar-refractivity contribution < 1.29 is 33.3 Å². The predicted molar refractivity (Wildman–Crippen MR) is 150 cm³/mol. The van der Waals surface area contributed by atoms with Crippen LogP contribution in [0.2, 0.25) is 0 Å². The molecule has 0 unspecified atom stereocenters. The number of nitrogens with zero attached hydrogens (tertiary/aromatic N) is 2. The minimum absolute atomic E-state index is 0.00806. The summed E-state index contributed by atoms with van der Waals surface area (Å²) in [6.45, 7) is 3.70. The lowest BCUT2D eigenvalue weighted by molar-refractivity contribution is -0.144. The molecule has 0 radical (unpaired) electrons. The molecule has 2 aliphatic carbocycles. The molecular formula is C29H42N6O7. The maximum absolute atomic E-state index is 13.8. The van der Waals surface area contributed by atoms with Crippen LogP contribution in [-0.2, 0) is 24.0 Å². The highest BCUT2D eigenvalue weighted by Crippen LogP contribution is 2.32. The fourth-order valence-electron chi connectivity index (χ4n) is 5.56. The van der Waals surface area contributed by atoms with Gasteiger partial charge in [-0.3, -0.25) is 28.8 Å². The summed E-state index contributed by atoms with van der Waals surface area (Å²) in [4.78, 5) is 79.6. The van der Waals surface area contributed by atoms with E-state index < -0.39 is 53.5 Å².